The highest BCUT2D eigenvalue weighted by atomic mass is 32.2. The Bertz CT molecular complexity index is 364. The minimum Gasteiger partial charge on any atom is -0.285 e. The number of aromatic amines is 1. The van der Waals surface area contributed by atoms with Crippen LogP contribution in [0.15, 0.2) is 41.4 Å². The van der Waals surface area contributed by atoms with Crippen LogP contribution in [-0.4, -0.2) is 16.5 Å². The second-order valence-corrected chi connectivity index (χ2v) is 3.57. The minimum atomic E-state index is 0.993. The average Bonchev–Trinajstić information content (AvgIpc) is 2.71. The summed E-state index contributed by atoms with van der Waals surface area (Å²) >= 11 is 1.75. The van der Waals surface area contributed by atoms with E-state index in [1.807, 2.05) is 12.3 Å². The lowest BCUT2D eigenvalue weighted by molar-refractivity contribution is 1.09. The molecule has 2 nitrogen and oxygen atoms in total. The summed E-state index contributed by atoms with van der Waals surface area (Å²) in [5.41, 5.74) is 2.15. The standard InChI is InChI=1S/C10H10N2S/c1-13-9-4-2-8(3-5-9)10-6-7-11-12-10/h2-7H,1H3,(H,11,12). The number of H-pyrrole nitrogens is 1. The molecule has 0 fully saturated rings. The topological polar surface area (TPSA) is 28.7 Å². The first-order chi connectivity index (χ1) is 6.40. The van der Waals surface area contributed by atoms with E-state index in [0.29, 0.717) is 0 Å². The molecule has 0 atom stereocenters. The summed E-state index contributed by atoms with van der Waals surface area (Å²) in [5.74, 6) is 0. The molecule has 0 radical (unpaired) electrons. The molecule has 0 bridgehead atoms. The molecule has 1 heterocycles. The van der Waals surface area contributed by atoms with Crippen LogP contribution in [-0.2, 0) is 0 Å². The third-order valence-corrected chi connectivity index (χ3v) is 2.63. The molecule has 2 rings (SSSR count). The van der Waals surface area contributed by atoms with Crippen molar-refractivity contribution in [2.24, 2.45) is 0 Å². The Hall–Kier alpha value is -1.22. The van der Waals surface area contributed by atoms with Gasteiger partial charge in [-0.2, -0.15) is 5.10 Å². The molecule has 3 heteroatoms. The van der Waals surface area contributed by atoms with Crippen LogP contribution >= 0.6 is 11.8 Å². The lowest BCUT2D eigenvalue weighted by atomic mass is 10.2. The van der Waals surface area contributed by atoms with E-state index in [-0.39, 0.29) is 0 Å². The van der Waals surface area contributed by atoms with Gasteiger partial charge in [-0.3, -0.25) is 5.10 Å². The van der Waals surface area contributed by atoms with E-state index < -0.39 is 0 Å². The molecule has 2 aromatic rings. The van der Waals surface area contributed by atoms with Crippen LogP contribution in [0.1, 0.15) is 0 Å². The fourth-order valence-electron chi connectivity index (χ4n) is 1.18. The van der Waals surface area contributed by atoms with Crippen molar-refractivity contribution >= 4 is 11.8 Å². The second kappa shape index (κ2) is 3.66. The quantitative estimate of drug-likeness (QED) is 0.738. The predicted octanol–water partition coefficient (Wildman–Crippen LogP) is 2.80. The van der Waals surface area contributed by atoms with Crippen molar-refractivity contribution in [3.8, 4) is 11.3 Å². The Morgan fingerprint density at radius 1 is 1.15 bits per heavy atom. The summed E-state index contributed by atoms with van der Waals surface area (Å²) in [6.07, 6.45) is 3.90. The van der Waals surface area contributed by atoms with Crippen LogP contribution in [0.3, 0.4) is 0 Å². The minimum absolute atomic E-state index is 0.993. The number of hydrogen-bond acceptors (Lipinski definition) is 2. The van der Waals surface area contributed by atoms with E-state index in [2.05, 4.69) is 40.7 Å². The maximum Gasteiger partial charge on any atom is 0.0920 e. The van der Waals surface area contributed by atoms with Gasteiger partial charge < -0.3 is 0 Å². The third kappa shape index (κ3) is 1.75. The predicted molar refractivity (Wildman–Crippen MR) is 55.8 cm³/mol. The van der Waals surface area contributed by atoms with Gasteiger partial charge in [-0.25, -0.2) is 0 Å². The molecule has 66 valence electrons. The fraction of sp³-hybridized carbons (Fsp3) is 0.100. The second-order valence-electron chi connectivity index (χ2n) is 2.69. The zero-order valence-electron chi connectivity index (χ0n) is 7.32. The molecule has 0 aliphatic carbocycles. The average molecular weight is 190 g/mol. The molecule has 13 heavy (non-hydrogen) atoms. The van der Waals surface area contributed by atoms with Gasteiger partial charge in [0.15, 0.2) is 0 Å². The van der Waals surface area contributed by atoms with Gasteiger partial charge >= 0.3 is 0 Å². The number of rotatable bonds is 2. The molecule has 0 unspecified atom stereocenters. The largest absolute Gasteiger partial charge is 0.285 e. The fourth-order valence-corrected chi connectivity index (χ4v) is 1.59. The molecule has 0 saturated carbocycles. The Morgan fingerprint density at radius 3 is 2.46 bits per heavy atom. The first kappa shape index (κ1) is 8.38. The highest BCUT2D eigenvalue weighted by molar-refractivity contribution is 7.98. The van der Waals surface area contributed by atoms with E-state index in [9.17, 15) is 0 Å². The normalized spacial score (nSPS) is 10.2. The summed E-state index contributed by atoms with van der Waals surface area (Å²) in [4.78, 5) is 1.28. The Labute approximate surface area is 81.4 Å². The van der Waals surface area contributed by atoms with Crippen molar-refractivity contribution in [3.05, 3.63) is 36.5 Å². The summed E-state index contributed by atoms with van der Waals surface area (Å²) in [6, 6.07) is 10.3. The number of benzene rings is 1. The van der Waals surface area contributed by atoms with Gasteiger partial charge in [-0.05, 0) is 24.5 Å². The van der Waals surface area contributed by atoms with Crippen molar-refractivity contribution in [1.82, 2.24) is 10.2 Å². The maximum atomic E-state index is 4.11. The molecular weight excluding hydrogens is 180 g/mol. The molecule has 1 aromatic carbocycles. The van der Waals surface area contributed by atoms with Crippen LogP contribution in [0.4, 0.5) is 0 Å². The van der Waals surface area contributed by atoms with Gasteiger partial charge in [0.2, 0.25) is 0 Å². The zero-order valence-corrected chi connectivity index (χ0v) is 8.14. The Balaban J connectivity index is 2.33. The van der Waals surface area contributed by atoms with Crippen molar-refractivity contribution in [2.75, 3.05) is 6.26 Å². The molecule has 0 aliphatic rings. The number of thioether (sulfide) groups is 1. The van der Waals surface area contributed by atoms with Crippen molar-refractivity contribution < 1.29 is 0 Å². The van der Waals surface area contributed by atoms with Crippen molar-refractivity contribution in [3.63, 3.8) is 0 Å². The molecule has 1 aromatic heterocycles. The zero-order chi connectivity index (χ0) is 9.10. The first-order valence-corrected chi connectivity index (χ1v) is 5.27. The van der Waals surface area contributed by atoms with Crippen LogP contribution in [0.25, 0.3) is 11.3 Å². The van der Waals surface area contributed by atoms with E-state index in [4.69, 9.17) is 0 Å². The smallest absolute Gasteiger partial charge is 0.0920 e. The molecular formula is C10H10N2S. The van der Waals surface area contributed by atoms with E-state index in [1.165, 1.54) is 4.90 Å². The molecule has 1 N–H and O–H groups in total. The van der Waals surface area contributed by atoms with E-state index in [1.54, 1.807) is 11.8 Å². The summed E-state index contributed by atoms with van der Waals surface area (Å²) in [6.45, 7) is 0. The molecule has 0 amide bonds. The highest BCUT2D eigenvalue weighted by Crippen LogP contribution is 2.20. The number of aromatic nitrogens is 2. The summed E-state index contributed by atoms with van der Waals surface area (Å²) in [5, 5.41) is 6.91. The van der Waals surface area contributed by atoms with Crippen molar-refractivity contribution in [1.29, 1.82) is 0 Å². The lowest BCUT2D eigenvalue weighted by Gasteiger charge is -1.97. The maximum absolute atomic E-state index is 4.11. The van der Waals surface area contributed by atoms with E-state index >= 15 is 0 Å². The number of nitrogens with zero attached hydrogens (tertiary/aromatic N) is 1. The van der Waals surface area contributed by atoms with Crippen LogP contribution in [0, 0.1) is 0 Å². The van der Waals surface area contributed by atoms with E-state index in [0.717, 1.165) is 11.3 Å². The number of hydrogen-bond donors (Lipinski definition) is 1. The van der Waals surface area contributed by atoms with Crippen LogP contribution in [0.5, 0.6) is 0 Å². The molecule has 0 saturated heterocycles. The Morgan fingerprint density at radius 2 is 1.92 bits per heavy atom. The number of nitrogens with one attached hydrogen (secondary N) is 1. The van der Waals surface area contributed by atoms with Crippen LogP contribution < -0.4 is 0 Å². The summed E-state index contributed by atoms with van der Waals surface area (Å²) in [7, 11) is 0. The monoisotopic (exact) mass is 190 g/mol. The van der Waals surface area contributed by atoms with Gasteiger partial charge in [0.1, 0.15) is 0 Å². The highest BCUT2D eigenvalue weighted by Gasteiger charge is 1.98. The van der Waals surface area contributed by atoms with Gasteiger partial charge in [-0.1, -0.05) is 12.1 Å². The first-order valence-electron chi connectivity index (χ1n) is 4.04. The van der Waals surface area contributed by atoms with Gasteiger partial charge in [0.05, 0.1) is 5.69 Å². The van der Waals surface area contributed by atoms with Crippen molar-refractivity contribution in [2.45, 2.75) is 4.90 Å². The van der Waals surface area contributed by atoms with Gasteiger partial charge in [-0.15, -0.1) is 11.8 Å². The molecule has 0 aliphatic heterocycles. The van der Waals surface area contributed by atoms with Crippen LogP contribution in [0.2, 0.25) is 0 Å². The lowest BCUT2D eigenvalue weighted by Crippen LogP contribution is -1.77. The third-order valence-electron chi connectivity index (χ3n) is 1.89. The Kier molecular flexibility index (Phi) is 2.36. The summed E-state index contributed by atoms with van der Waals surface area (Å²) < 4.78 is 0. The van der Waals surface area contributed by atoms with Gasteiger partial charge in [0, 0.05) is 16.7 Å². The molecule has 0 spiro atoms. The SMILES string of the molecule is CSc1ccc(-c2cc[nH]n2)cc1. The van der Waals surface area contributed by atoms with Gasteiger partial charge in [0.25, 0.3) is 0 Å².